The summed E-state index contributed by atoms with van der Waals surface area (Å²) in [7, 11) is 1.46. The summed E-state index contributed by atoms with van der Waals surface area (Å²) < 4.78 is 7.93. The van der Waals surface area contributed by atoms with Crippen LogP contribution in [0.25, 0.3) is 0 Å². The highest BCUT2D eigenvalue weighted by Gasteiger charge is 2.14. The molecule has 0 bridgehead atoms. The van der Waals surface area contributed by atoms with Crippen molar-refractivity contribution in [3.8, 4) is 0 Å². The second-order valence-corrected chi connectivity index (χ2v) is 5.95. The molecular weight excluding hydrogens is 408 g/mol. The minimum Gasteiger partial charge on any atom is -0.466 e. The number of carbonyl (C=O) groups excluding carboxylic acids is 1. The molecule has 1 aromatic rings. The summed E-state index contributed by atoms with van der Waals surface area (Å²) in [6, 6.07) is 0. The first-order valence-electron chi connectivity index (χ1n) is 6.57. The Morgan fingerprint density at radius 1 is 1.24 bits per heavy atom. The van der Waals surface area contributed by atoms with Crippen molar-refractivity contribution in [3.05, 3.63) is 31.0 Å². The van der Waals surface area contributed by atoms with E-state index in [0.717, 1.165) is 23.8 Å². The Morgan fingerprint density at radius 3 is 2.48 bits per heavy atom. The van der Waals surface area contributed by atoms with Gasteiger partial charge in [-0.1, -0.05) is 15.9 Å². The summed E-state index contributed by atoms with van der Waals surface area (Å²) >= 11 is 6.55. The van der Waals surface area contributed by atoms with Gasteiger partial charge in [-0.15, -0.1) is 0 Å². The molecule has 0 aliphatic rings. The minimum absolute atomic E-state index is 0.283. The van der Waals surface area contributed by atoms with Crippen LogP contribution in [0.1, 0.15) is 31.9 Å². The highest BCUT2D eigenvalue weighted by atomic mass is 79.9. The van der Waals surface area contributed by atoms with Gasteiger partial charge in [-0.05, 0) is 35.2 Å². The van der Waals surface area contributed by atoms with Crippen LogP contribution in [0, 0.1) is 0 Å². The monoisotopic (exact) mass is 424 g/mol. The van der Waals surface area contributed by atoms with Crippen LogP contribution in [0.4, 0.5) is 0 Å². The number of rotatable bonds is 7. The van der Waals surface area contributed by atoms with Gasteiger partial charge in [0.05, 0.1) is 12.3 Å². The SMILES string of the molecule is CC(=O)OCCCCCn1c(CBr)c(Br)c(=O)n(C)c1=O. The summed E-state index contributed by atoms with van der Waals surface area (Å²) in [6.45, 7) is 2.29. The Bertz CT molecular complexity index is 622. The number of hydrogen-bond acceptors (Lipinski definition) is 4. The first-order valence-corrected chi connectivity index (χ1v) is 8.49. The van der Waals surface area contributed by atoms with Gasteiger partial charge < -0.3 is 4.74 Å². The number of aromatic nitrogens is 2. The molecule has 0 aliphatic carbocycles. The van der Waals surface area contributed by atoms with Gasteiger partial charge in [0.25, 0.3) is 5.56 Å². The van der Waals surface area contributed by atoms with E-state index in [0.29, 0.717) is 28.6 Å². The van der Waals surface area contributed by atoms with E-state index in [1.54, 1.807) is 4.57 Å². The van der Waals surface area contributed by atoms with Crippen molar-refractivity contribution < 1.29 is 9.53 Å². The molecule has 0 N–H and O–H groups in total. The zero-order chi connectivity index (χ0) is 16.0. The molecule has 8 heteroatoms. The van der Waals surface area contributed by atoms with E-state index < -0.39 is 0 Å². The van der Waals surface area contributed by atoms with Crippen molar-refractivity contribution in [2.24, 2.45) is 7.05 Å². The van der Waals surface area contributed by atoms with E-state index in [-0.39, 0.29) is 17.2 Å². The van der Waals surface area contributed by atoms with Crippen molar-refractivity contribution >= 4 is 37.8 Å². The van der Waals surface area contributed by atoms with Crippen LogP contribution in [-0.4, -0.2) is 21.7 Å². The first-order chi connectivity index (χ1) is 9.90. The molecule has 1 aromatic heterocycles. The fraction of sp³-hybridized carbons (Fsp3) is 0.615. The normalized spacial score (nSPS) is 10.7. The quantitative estimate of drug-likeness (QED) is 0.380. The lowest BCUT2D eigenvalue weighted by Crippen LogP contribution is -2.40. The van der Waals surface area contributed by atoms with Crippen LogP contribution in [0.5, 0.6) is 0 Å². The predicted molar refractivity (Wildman–Crippen MR) is 86.8 cm³/mol. The highest BCUT2D eigenvalue weighted by Crippen LogP contribution is 2.14. The van der Waals surface area contributed by atoms with Gasteiger partial charge in [0, 0.05) is 25.8 Å². The summed E-state index contributed by atoms with van der Waals surface area (Å²) in [5.41, 5.74) is -0.0127. The van der Waals surface area contributed by atoms with Crippen molar-refractivity contribution in [1.29, 1.82) is 0 Å². The van der Waals surface area contributed by atoms with Gasteiger partial charge in [0.2, 0.25) is 0 Å². The number of hydrogen-bond donors (Lipinski definition) is 0. The van der Waals surface area contributed by atoms with Crippen LogP contribution in [0.3, 0.4) is 0 Å². The maximum atomic E-state index is 12.1. The Morgan fingerprint density at radius 2 is 1.90 bits per heavy atom. The maximum Gasteiger partial charge on any atom is 0.331 e. The third-order valence-electron chi connectivity index (χ3n) is 3.05. The lowest BCUT2D eigenvalue weighted by atomic mass is 10.2. The predicted octanol–water partition coefficient (Wildman–Crippen LogP) is 1.94. The molecular formula is C13H18Br2N2O4. The molecule has 21 heavy (non-hydrogen) atoms. The third-order valence-corrected chi connectivity index (χ3v) is 4.38. The van der Waals surface area contributed by atoms with Crippen molar-refractivity contribution in [2.75, 3.05) is 6.61 Å². The lowest BCUT2D eigenvalue weighted by molar-refractivity contribution is -0.141. The summed E-state index contributed by atoms with van der Waals surface area (Å²) in [6.07, 6.45) is 2.36. The number of carbonyl (C=O) groups is 1. The second-order valence-electron chi connectivity index (χ2n) is 4.59. The van der Waals surface area contributed by atoms with Gasteiger partial charge in [0.1, 0.15) is 4.47 Å². The van der Waals surface area contributed by atoms with Gasteiger partial charge in [-0.3, -0.25) is 18.7 Å². The van der Waals surface area contributed by atoms with E-state index in [1.807, 2.05) is 0 Å². The molecule has 0 amide bonds. The van der Waals surface area contributed by atoms with E-state index in [1.165, 1.54) is 14.0 Å². The van der Waals surface area contributed by atoms with E-state index in [2.05, 4.69) is 31.9 Å². The number of alkyl halides is 1. The van der Waals surface area contributed by atoms with Crippen molar-refractivity contribution in [2.45, 2.75) is 38.1 Å². The largest absolute Gasteiger partial charge is 0.466 e. The Hall–Kier alpha value is -0.890. The highest BCUT2D eigenvalue weighted by molar-refractivity contribution is 9.10. The molecule has 0 radical (unpaired) electrons. The average molecular weight is 426 g/mol. The Labute approximate surface area is 139 Å². The first kappa shape index (κ1) is 18.2. The smallest absolute Gasteiger partial charge is 0.331 e. The Balaban J connectivity index is 2.73. The van der Waals surface area contributed by atoms with E-state index in [9.17, 15) is 14.4 Å². The van der Waals surface area contributed by atoms with Crippen molar-refractivity contribution in [1.82, 2.24) is 9.13 Å². The average Bonchev–Trinajstić information content (AvgIpc) is 2.45. The lowest BCUT2D eigenvalue weighted by Gasteiger charge is -2.14. The third kappa shape index (κ3) is 4.81. The van der Waals surface area contributed by atoms with Gasteiger partial charge in [-0.2, -0.15) is 0 Å². The number of halogens is 2. The molecule has 0 aromatic carbocycles. The van der Waals surface area contributed by atoms with Gasteiger partial charge in [0.15, 0.2) is 0 Å². The van der Waals surface area contributed by atoms with Crippen molar-refractivity contribution in [3.63, 3.8) is 0 Å². The molecule has 118 valence electrons. The zero-order valence-corrected chi connectivity index (χ0v) is 15.2. The van der Waals surface area contributed by atoms with Crippen LogP contribution < -0.4 is 11.2 Å². The molecule has 1 rings (SSSR count). The summed E-state index contributed by atoms with van der Waals surface area (Å²) in [4.78, 5) is 34.6. The Kier molecular flexibility index (Phi) is 7.37. The van der Waals surface area contributed by atoms with E-state index >= 15 is 0 Å². The molecule has 0 unspecified atom stereocenters. The maximum absolute atomic E-state index is 12.1. The summed E-state index contributed by atoms with van der Waals surface area (Å²) in [5.74, 6) is -0.283. The van der Waals surface area contributed by atoms with Crippen LogP contribution >= 0.6 is 31.9 Å². The standard InChI is InChI=1S/C13H18Br2N2O4/c1-9(18)21-7-5-3-4-6-17-10(8-14)11(15)12(19)16(2)13(17)20/h3-8H2,1-2H3. The molecule has 0 saturated heterocycles. The molecule has 0 spiro atoms. The topological polar surface area (TPSA) is 70.3 Å². The molecule has 0 aliphatic heterocycles. The molecule has 0 atom stereocenters. The van der Waals surface area contributed by atoms with Crippen LogP contribution in [0.2, 0.25) is 0 Å². The van der Waals surface area contributed by atoms with Gasteiger partial charge in [-0.25, -0.2) is 4.79 Å². The minimum atomic E-state index is -0.333. The van der Waals surface area contributed by atoms with Crippen LogP contribution in [-0.2, 0) is 28.5 Å². The van der Waals surface area contributed by atoms with Crippen LogP contribution in [0.15, 0.2) is 14.1 Å². The fourth-order valence-electron chi connectivity index (χ4n) is 1.90. The summed E-state index contributed by atoms with van der Waals surface area (Å²) in [5, 5.41) is 0.423. The molecule has 1 heterocycles. The number of unbranched alkanes of at least 4 members (excludes halogenated alkanes) is 2. The number of esters is 1. The zero-order valence-electron chi connectivity index (χ0n) is 12.0. The number of ether oxygens (including phenoxy) is 1. The van der Waals surface area contributed by atoms with Gasteiger partial charge >= 0.3 is 11.7 Å². The number of nitrogens with zero attached hydrogens (tertiary/aromatic N) is 2. The van der Waals surface area contributed by atoms with E-state index in [4.69, 9.17) is 4.74 Å². The fourth-order valence-corrected chi connectivity index (χ4v) is 3.48. The molecule has 0 saturated carbocycles. The molecule has 0 fully saturated rings. The second kappa shape index (κ2) is 8.53. The molecule has 6 nitrogen and oxygen atoms in total.